The summed E-state index contributed by atoms with van der Waals surface area (Å²) in [6, 6.07) is 0.544. The van der Waals surface area contributed by atoms with E-state index in [1.807, 2.05) is 0 Å². The van der Waals surface area contributed by atoms with Crippen LogP contribution in [0.4, 0.5) is 0 Å². The summed E-state index contributed by atoms with van der Waals surface area (Å²) in [5, 5.41) is 11.5. The SMILES string of the molecule is CC[C@H](C)NCCO. The Kier molecular flexibility index (Phi) is 5.01. The van der Waals surface area contributed by atoms with Gasteiger partial charge in [-0.25, -0.2) is 0 Å². The van der Waals surface area contributed by atoms with Crippen molar-refractivity contribution < 1.29 is 5.11 Å². The van der Waals surface area contributed by atoms with E-state index >= 15 is 0 Å². The molecule has 0 aliphatic carbocycles. The maximum atomic E-state index is 8.35. The highest BCUT2D eigenvalue weighted by Gasteiger charge is 1.92. The summed E-state index contributed by atoms with van der Waals surface area (Å²) in [5.41, 5.74) is 0. The van der Waals surface area contributed by atoms with Gasteiger partial charge in [0.1, 0.15) is 0 Å². The van der Waals surface area contributed by atoms with E-state index in [1.54, 1.807) is 0 Å². The van der Waals surface area contributed by atoms with E-state index < -0.39 is 0 Å². The third-order valence-corrected chi connectivity index (χ3v) is 1.22. The normalized spacial score (nSPS) is 13.9. The highest BCUT2D eigenvalue weighted by atomic mass is 16.3. The highest BCUT2D eigenvalue weighted by Crippen LogP contribution is 1.84. The van der Waals surface area contributed by atoms with E-state index in [1.165, 1.54) is 0 Å². The van der Waals surface area contributed by atoms with Gasteiger partial charge in [0, 0.05) is 12.6 Å². The van der Waals surface area contributed by atoms with Crippen LogP contribution in [0, 0.1) is 0 Å². The van der Waals surface area contributed by atoms with Gasteiger partial charge in [0.05, 0.1) is 6.61 Å². The Morgan fingerprint density at radius 1 is 1.62 bits per heavy atom. The van der Waals surface area contributed by atoms with Gasteiger partial charge in [-0.3, -0.25) is 0 Å². The lowest BCUT2D eigenvalue weighted by Gasteiger charge is -2.07. The number of aliphatic hydroxyl groups excluding tert-OH is 1. The summed E-state index contributed by atoms with van der Waals surface area (Å²) in [4.78, 5) is 0. The van der Waals surface area contributed by atoms with Crippen LogP contribution < -0.4 is 5.32 Å². The molecule has 0 fully saturated rings. The van der Waals surface area contributed by atoms with Crippen LogP contribution in [0.3, 0.4) is 0 Å². The van der Waals surface area contributed by atoms with Crippen LogP contribution >= 0.6 is 0 Å². The highest BCUT2D eigenvalue weighted by molar-refractivity contribution is 4.55. The van der Waals surface area contributed by atoms with Crippen molar-refractivity contribution in [1.29, 1.82) is 0 Å². The summed E-state index contributed by atoms with van der Waals surface area (Å²) in [5.74, 6) is 0. The summed E-state index contributed by atoms with van der Waals surface area (Å²) < 4.78 is 0. The molecule has 2 N–H and O–H groups in total. The van der Waals surface area contributed by atoms with E-state index in [4.69, 9.17) is 5.11 Å². The Bertz CT molecular complexity index is 47.8. The minimum atomic E-state index is 0.240. The Balaban J connectivity index is 2.86. The molecule has 0 aliphatic heterocycles. The second-order valence-electron chi connectivity index (χ2n) is 1.99. The zero-order valence-electron chi connectivity index (χ0n) is 5.65. The summed E-state index contributed by atoms with van der Waals surface area (Å²) >= 11 is 0. The molecule has 1 atom stereocenters. The van der Waals surface area contributed by atoms with Crippen molar-refractivity contribution in [3.8, 4) is 0 Å². The molecular formula is C6H15NO. The van der Waals surface area contributed by atoms with Crippen LogP contribution in [0.2, 0.25) is 0 Å². The van der Waals surface area contributed by atoms with E-state index in [0.29, 0.717) is 6.04 Å². The van der Waals surface area contributed by atoms with E-state index in [-0.39, 0.29) is 6.61 Å². The third kappa shape index (κ3) is 4.09. The molecule has 0 amide bonds. The van der Waals surface area contributed by atoms with Crippen molar-refractivity contribution in [3.63, 3.8) is 0 Å². The van der Waals surface area contributed by atoms with Crippen molar-refractivity contribution in [2.45, 2.75) is 26.3 Å². The average Bonchev–Trinajstić information content (AvgIpc) is 1.83. The zero-order chi connectivity index (χ0) is 6.41. The molecule has 0 spiro atoms. The maximum Gasteiger partial charge on any atom is 0.0556 e. The molecule has 0 unspecified atom stereocenters. The van der Waals surface area contributed by atoms with Gasteiger partial charge in [-0.2, -0.15) is 0 Å². The van der Waals surface area contributed by atoms with Crippen molar-refractivity contribution >= 4 is 0 Å². The van der Waals surface area contributed by atoms with Crippen LogP contribution in [0.15, 0.2) is 0 Å². The summed E-state index contributed by atoms with van der Waals surface area (Å²) in [6.45, 7) is 5.18. The standard InChI is InChI=1S/C6H15NO/c1-3-6(2)7-4-5-8/h6-8H,3-5H2,1-2H3/t6-/m0/s1. The molecule has 0 radical (unpaired) electrons. The minimum absolute atomic E-state index is 0.240. The fourth-order valence-electron chi connectivity index (χ4n) is 0.455. The predicted octanol–water partition coefficient (Wildman–Crippen LogP) is 0.367. The first-order valence-electron chi connectivity index (χ1n) is 3.15. The first-order chi connectivity index (χ1) is 3.81. The molecule has 0 saturated carbocycles. The van der Waals surface area contributed by atoms with E-state index in [2.05, 4.69) is 19.2 Å². The Morgan fingerprint density at radius 3 is 2.62 bits per heavy atom. The van der Waals surface area contributed by atoms with Gasteiger partial charge < -0.3 is 10.4 Å². The second kappa shape index (κ2) is 5.06. The zero-order valence-corrected chi connectivity index (χ0v) is 5.65. The Labute approximate surface area is 50.9 Å². The van der Waals surface area contributed by atoms with E-state index in [9.17, 15) is 0 Å². The molecule has 0 aromatic heterocycles. The minimum Gasteiger partial charge on any atom is -0.395 e. The molecule has 50 valence electrons. The summed E-state index contributed by atoms with van der Waals surface area (Å²) in [7, 11) is 0. The first-order valence-corrected chi connectivity index (χ1v) is 3.15. The van der Waals surface area contributed by atoms with Crippen molar-refractivity contribution in [2.24, 2.45) is 0 Å². The van der Waals surface area contributed by atoms with Gasteiger partial charge in [0.15, 0.2) is 0 Å². The van der Waals surface area contributed by atoms with Crippen LogP contribution in [-0.4, -0.2) is 24.3 Å². The van der Waals surface area contributed by atoms with Gasteiger partial charge in [0.25, 0.3) is 0 Å². The van der Waals surface area contributed by atoms with Crippen molar-refractivity contribution in [1.82, 2.24) is 5.32 Å². The smallest absolute Gasteiger partial charge is 0.0556 e. The molecule has 8 heavy (non-hydrogen) atoms. The topological polar surface area (TPSA) is 32.3 Å². The van der Waals surface area contributed by atoms with Crippen LogP contribution in [0.1, 0.15) is 20.3 Å². The largest absolute Gasteiger partial charge is 0.395 e. The molecule has 2 nitrogen and oxygen atoms in total. The lowest BCUT2D eigenvalue weighted by Crippen LogP contribution is -2.27. The number of hydrogen-bond donors (Lipinski definition) is 2. The number of nitrogens with one attached hydrogen (secondary N) is 1. The number of rotatable bonds is 4. The summed E-state index contributed by atoms with van der Waals surface area (Å²) in [6.07, 6.45) is 1.12. The van der Waals surface area contributed by atoms with Gasteiger partial charge in [-0.15, -0.1) is 0 Å². The molecule has 0 aliphatic rings. The molecule has 0 saturated heterocycles. The Morgan fingerprint density at radius 2 is 2.25 bits per heavy atom. The van der Waals surface area contributed by atoms with Gasteiger partial charge in [0.2, 0.25) is 0 Å². The van der Waals surface area contributed by atoms with Crippen molar-refractivity contribution in [2.75, 3.05) is 13.2 Å². The number of hydrogen-bond acceptors (Lipinski definition) is 2. The molecule has 0 rings (SSSR count). The van der Waals surface area contributed by atoms with Crippen LogP contribution in [0.5, 0.6) is 0 Å². The molecule has 0 aromatic rings. The molecule has 0 bridgehead atoms. The van der Waals surface area contributed by atoms with Gasteiger partial charge in [-0.1, -0.05) is 6.92 Å². The molecule has 0 aromatic carbocycles. The molecule has 0 heterocycles. The maximum absolute atomic E-state index is 8.35. The molecule has 2 heteroatoms. The molecular weight excluding hydrogens is 102 g/mol. The van der Waals surface area contributed by atoms with Crippen LogP contribution in [0.25, 0.3) is 0 Å². The Hall–Kier alpha value is -0.0800. The lowest BCUT2D eigenvalue weighted by atomic mass is 10.3. The third-order valence-electron chi connectivity index (χ3n) is 1.22. The van der Waals surface area contributed by atoms with Gasteiger partial charge in [-0.05, 0) is 13.3 Å². The predicted molar refractivity (Wildman–Crippen MR) is 34.8 cm³/mol. The fraction of sp³-hybridized carbons (Fsp3) is 1.00. The van der Waals surface area contributed by atoms with Crippen molar-refractivity contribution in [3.05, 3.63) is 0 Å². The average molecular weight is 117 g/mol. The van der Waals surface area contributed by atoms with Crippen LogP contribution in [-0.2, 0) is 0 Å². The monoisotopic (exact) mass is 117 g/mol. The van der Waals surface area contributed by atoms with E-state index in [0.717, 1.165) is 13.0 Å². The quantitative estimate of drug-likeness (QED) is 0.557. The second-order valence-corrected chi connectivity index (χ2v) is 1.99. The van der Waals surface area contributed by atoms with Gasteiger partial charge >= 0.3 is 0 Å². The lowest BCUT2D eigenvalue weighted by molar-refractivity contribution is 0.285. The first kappa shape index (κ1) is 7.92. The number of aliphatic hydroxyl groups is 1. The fourth-order valence-corrected chi connectivity index (χ4v) is 0.455.